The molecule has 0 atom stereocenters. The number of hydrogen-bond acceptors (Lipinski definition) is 2. The summed E-state index contributed by atoms with van der Waals surface area (Å²) in [4.78, 5) is 0. The third kappa shape index (κ3) is 3.91. The smallest absolute Gasteiger partial charge is 0.126 e. The van der Waals surface area contributed by atoms with E-state index in [1.165, 1.54) is 12.1 Å². The molecule has 1 aromatic rings. The molecular formula is C15H21ClFNO. The zero-order chi connectivity index (χ0) is 13.9. The molecule has 1 aliphatic carbocycles. The SMILES string of the molecule is CCNC1CCC(O)(Cc2cc(Cl)ccc2F)CC1. The van der Waals surface area contributed by atoms with Crippen LogP contribution in [0.5, 0.6) is 0 Å². The van der Waals surface area contributed by atoms with Crippen LogP contribution >= 0.6 is 11.6 Å². The lowest BCUT2D eigenvalue weighted by Gasteiger charge is -2.36. The molecule has 0 saturated heterocycles. The van der Waals surface area contributed by atoms with Gasteiger partial charge in [-0.2, -0.15) is 0 Å². The van der Waals surface area contributed by atoms with Crippen LogP contribution in [0.4, 0.5) is 4.39 Å². The minimum Gasteiger partial charge on any atom is -0.390 e. The molecule has 2 N–H and O–H groups in total. The third-order valence-electron chi connectivity index (χ3n) is 3.94. The van der Waals surface area contributed by atoms with Crippen molar-refractivity contribution in [3.05, 3.63) is 34.6 Å². The van der Waals surface area contributed by atoms with Gasteiger partial charge in [-0.25, -0.2) is 4.39 Å². The molecule has 2 nitrogen and oxygen atoms in total. The van der Waals surface area contributed by atoms with Gasteiger partial charge in [0, 0.05) is 17.5 Å². The van der Waals surface area contributed by atoms with Crippen molar-refractivity contribution < 1.29 is 9.50 Å². The Morgan fingerprint density at radius 3 is 2.74 bits per heavy atom. The highest BCUT2D eigenvalue weighted by Gasteiger charge is 2.33. The summed E-state index contributed by atoms with van der Waals surface area (Å²) in [5.74, 6) is -0.286. The molecule has 0 radical (unpaired) electrons. The number of benzene rings is 1. The second-order valence-electron chi connectivity index (χ2n) is 5.47. The predicted octanol–water partition coefficient (Wildman–Crippen LogP) is 3.30. The van der Waals surface area contributed by atoms with E-state index in [-0.39, 0.29) is 5.82 Å². The van der Waals surface area contributed by atoms with E-state index in [1.807, 2.05) is 0 Å². The molecule has 0 aromatic heterocycles. The Hall–Kier alpha value is -0.640. The largest absolute Gasteiger partial charge is 0.390 e. The normalized spacial score (nSPS) is 27.5. The first-order chi connectivity index (χ1) is 9.02. The summed E-state index contributed by atoms with van der Waals surface area (Å²) in [7, 11) is 0. The van der Waals surface area contributed by atoms with Crippen LogP contribution in [0, 0.1) is 5.82 Å². The predicted molar refractivity (Wildman–Crippen MR) is 76.0 cm³/mol. The van der Waals surface area contributed by atoms with Crippen LogP contribution in [0.15, 0.2) is 18.2 Å². The van der Waals surface area contributed by atoms with E-state index in [0.717, 1.165) is 19.4 Å². The zero-order valence-electron chi connectivity index (χ0n) is 11.3. The first kappa shape index (κ1) is 14.8. The van der Waals surface area contributed by atoms with Gasteiger partial charge in [0.2, 0.25) is 0 Å². The average Bonchev–Trinajstić information content (AvgIpc) is 2.37. The number of nitrogens with one attached hydrogen (secondary N) is 1. The van der Waals surface area contributed by atoms with Crippen LogP contribution in [0.25, 0.3) is 0 Å². The molecule has 2 rings (SSSR count). The monoisotopic (exact) mass is 285 g/mol. The number of hydrogen-bond donors (Lipinski definition) is 2. The van der Waals surface area contributed by atoms with Gasteiger partial charge in [0.1, 0.15) is 5.82 Å². The molecule has 0 spiro atoms. The van der Waals surface area contributed by atoms with E-state index in [4.69, 9.17) is 11.6 Å². The molecule has 106 valence electrons. The van der Waals surface area contributed by atoms with E-state index in [9.17, 15) is 9.50 Å². The van der Waals surface area contributed by atoms with Gasteiger partial charge in [0.25, 0.3) is 0 Å². The standard InChI is InChI=1S/C15H21ClFNO/c1-2-18-13-5-7-15(19,8-6-13)10-11-9-12(16)3-4-14(11)17/h3-4,9,13,18-19H,2,5-8,10H2,1H3. The van der Waals surface area contributed by atoms with Gasteiger partial charge in [0.05, 0.1) is 5.60 Å². The summed E-state index contributed by atoms with van der Waals surface area (Å²) in [5.41, 5.74) is -0.283. The van der Waals surface area contributed by atoms with E-state index >= 15 is 0 Å². The molecule has 1 fully saturated rings. The van der Waals surface area contributed by atoms with Crippen LogP contribution in [0.1, 0.15) is 38.2 Å². The van der Waals surface area contributed by atoms with Gasteiger partial charge in [-0.15, -0.1) is 0 Å². The van der Waals surface area contributed by atoms with Gasteiger partial charge < -0.3 is 10.4 Å². The Bertz CT molecular complexity index is 430. The van der Waals surface area contributed by atoms with E-state index in [0.29, 0.717) is 35.9 Å². The molecule has 0 bridgehead atoms. The van der Waals surface area contributed by atoms with Crippen molar-refractivity contribution in [2.75, 3.05) is 6.54 Å². The Morgan fingerprint density at radius 1 is 1.42 bits per heavy atom. The first-order valence-corrected chi connectivity index (χ1v) is 7.30. The van der Waals surface area contributed by atoms with Gasteiger partial charge in [-0.1, -0.05) is 18.5 Å². The molecular weight excluding hydrogens is 265 g/mol. The summed E-state index contributed by atoms with van der Waals surface area (Å²) in [5, 5.41) is 14.5. The molecule has 19 heavy (non-hydrogen) atoms. The first-order valence-electron chi connectivity index (χ1n) is 6.92. The zero-order valence-corrected chi connectivity index (χ0v) is 12.0. The fourth-order valence-corrected chi connectivity index (χ4v) is 3.05. The van der Waals surface area contributed by atoms with E-state index in [2.05, 4.69) is 12.2 Å². The van der Waals surface area contributed by atoms with Crippen LogP contribution in [-0.2, 0) is 6.42 Å². The Morgan fingerprint density at radius 2 is 2.11 bits per heavy atom. The average molecular weight is 286 g/mol. The van der Waals surface area contributed by atoms with E-state index < -0.39 is 5.60 Å². The second kappa shape index (κ2) is 6.21. The quantitative estimate of drug-likeness (QED) is 0.890. The van der Waals surface area contributed by atoms with Crippen molar-refractivity contribution in [3.63, 3.8) is 0 Å². The summed E-state index contributed by atoms with van der Waals surface area (Å²) in [6.45, 7) is 3.04. The summed E-state index contributed by atoms with van der Waals surface area (Å²) in [6, 6.07) is 5.00. The number of rotatable bonds is 4. The highest BCUT2D eigenvalue weighted by atomic mass is 35.5. The van der Waals surface area contributed by atoms with Crippen LogP contribution < -0.4 is 5.32 Å². The third-order valence-corrected chi connectivity index (χ3v) is 4.17. The van der Waals surface area contributed by atoms with E-state index in [1.54, 1.807) is 6.07 Å². The van der Waals surface area contributed by atoms with Crippen LogP contribution in [0.3, 0.4) is 0 Å². The van der Waals surface area contributed by atoms with Crippen molar-refractivity contribution in [2.45, 2.75) is 50.7 Å². The highest BCUT2D eigenvalue weighted by molar-refractivity contribution is 6.30. The Labute approximate surface area is 119 Å². The van der Waals surface area contributed by atoms with Gasteiger partial charge in [-0.3, -0.25) is 0 Å². The molecule has 1 saturated carbocycles. The molecule has 0 heterocycles. The van der Waals surface area contributed by atoms with Crippen molar-refractivity contribution in [2.24, 2.45) is 0 Å². The summed E-state index contributed by atoms with van der Waals surface area (Å²) in [6.07, 6.45) is 3.63. The summed E-state index contributed by atoms with van der Waals surface area (Å²) >= 11 is 5.89. The van der Waals surface area contributed by atoms with Crippen molar-refractivity contribution >= 4 is 11.6 Å². The molecule has 4 heteroatoms. The van der Waals surface area contributed by atoms with Gasteiger partial charge >= 0.3 is 0 Å². The maximum Gasteiger partial charge on any atom is 0.126 e. The molecule has 0 unspecified atom stereocenters. The van der Waals surface area contributed by atoms with Crippen molar-refractivity contribution in [1.29, 1.82) is 0 Å². The minimum atomic E-state index is -0.794. The van der Waals surface area contributed by atoms with Crippen LogP contribution in [-0.4, -0.2) is 23.3 Å². The topological polar surface area (TPSA) is 32.3 Å². The molecule has 0 aliphatic heterocycles. The molecule has 1 aromatic carbocycles. The van der Waals surface area contributed by atoms with Crippen molar-refractivity contribution in [1.82, 2.24) is 5.32 Å². The number of halogens is 2. The number of aliphatic hydroxyl groups is 1. The fourth-order valence-electron chi connectivity index (χ4n) is 2.86. The minimum absolute atomic E-state index is 0.286. The Balaban J connectivity index is 2.00. The van der Waals surface area contributed by atoms with Gasteiger partial charge in [0.15, 0.2) is 0 Å². The van der Waals surface area contributed by atoms with Crippen LogP contribution in [0.2, 0.25) is 5.02 Å². The molecule has 1 aliphatic rings. The lowest BCUT2D eigenvalue weighted by molar-refractivity contribution is -0.00359. The fraction of sp³-hybridized carbons (Fsp3) is 0.600. The Kier molecular flexibility index (Phi) is 4.82. The maximum atomic E-state index is 13.7. The lowest BCUT2D eigenvalue weighted by Crippen LogP contribution is -2.42. The van der Waals surface area contributed by atoms with Crippen molar-refractivity contribution in [3.8, 4) is 0 Å². The van der Waals surface area contributed by atoms with Gasteiger partial charge in [-0.05, 0) is 56.0 Å². The maximum absolute atomic E-state index is 13.7. The highest BCUT2D eigenvalue weighted by Crippen LogP contribution is 2.32. The lowest BCUT2D eigenvalue weighted by atomic mass is 9.78. The molecule has 0 amide bonds. The second-order valence-corrected chi connectivity index (χ2v) is 5.91. The summed E-state index contributed by atoms with van der Waals surface area (Å²) < 4.78 is 13.7.